The third-order valence-electron chi connectivity index (χ3n) is 1.95. The fraction of sp³-hybridized carbons (Fsp3) is 0.375. The van der Waals surface area contributed by atoms with Gasteiger partial charge in [-0.25, -0.2) is 0 Å². The van der Waals surface area contributed by atoms with Gasteiger partial charge in [-0.15, -0.1) is 0 Å². The average Bonchev–Trinajstić information content (AvgIpc) is 2.33. The minimum atomic E-state index is 0.238. The molecule has 0 atom stereocenters. The molecule has 0 aromatic carbocycles. The molecule has 0 radical (unpaired) electrons. The van der Waals surface area contributed by atoms with Gasteiger partial charge in [-0.3, -0.25) is 4.79 Å². The van der Waals surface area contributed by atoms with Gasteiger partial charge in [0.05, 0.1) is 0 Å². The summed E-state index contributed by atoms with van der Waals surface area (Å²) in [5.74, 6) is 0.238. The van der Waals surface area contributed by atoms with Gasteiger partial charge in [0, 0.05) is 18.7 Å². The Labute approximate surface area is 59.6 Å². The Morgan fingerprint density at radius 2 is 2.30 bits per heavy atom. The van der Waals surface area contributed by atoms with Crippen LogP contribution in [0.25, 0.3) is 0 Å². The van der Waals surface area contributed by atoms with Crippen LogP contribution in [0, 0.1) is 0 Å². The van der Waals surface area contributed by atoms with Gasteiger partial charge in [-0.2, -0.15) is 0 Å². The van der Waals surface area contributed by atoms with E-state index in [4.69, 9.17) is 0 Å². The van der Waals surface area contributed by atoms with Crippen molar-refractivity contribution in [2.75, 3.05) is 6.54 Å². The monoisotopic (exact) mass is 135 g/mol. The zero-order valence-corrected chi connectivity index (χ0v) is 5.68. The van der Waals surface area contributed by atoms with Crippen LogP contribution < -0.4 is 5.32 Å². The van der Waals surface area contributed by atoms with Gasteiger partial charge in [0.2, 0.25) is 0 Å². The lowest BCUT2D eigenvalue weighted by molar-refractivity contribution is -0.114. The fourth-order valence-electron chi connectivity index (χ4n) is 1.41. The van der Waals surface area contributed by atoms with Crippen molar-refractivity contribution in [2.45, 2.75) is 12.8 Å². The van der Waals surface area contributed by atoms with E-state index in [1.165, 1.54) is 11.3 Å². The minimum Gasteiger partial charge on any atom is -0.385 e. The predicted octanol–water partition coefficient (Wildman–Crippen LogP) is 0.763. The summed E-state index contributed by atoms with van der Waals surface area (Å²) in [4.78, 5) is 10.9. The maximum Gasteiger partial charge on any atom is 0.159 e. The Morgan fingerprint density at radius 3 is 3.20 bits per heavy atom. The molecular weight excluding hydrogens is 126 g/mol. The lowest BCUT2D eigenvalue weighted by atomic mass is 10.0. The standard InChI is InChI=1S/C8H9NO/c10-7-1-2-8-6(5-7)3-4-9-8/h1-2,9H,3-5H2. The van der Waals surface area contributed by atoms with E-state index in [0.29, 0.717) is 6.42 Å². The van der Waals surface area contributed by atoms with Crippen LogP contribution in [0.3, 0.4) is 0 Å². The van der Waals surface area contributed by atoms with Crippen LogP contribution >= 0.6 is 0 Å². The quantitative estimate of drug-likeness (QED) is 0.531. The highest BCUT2D eigenvalue weighted by atomic mass is 16.1. The van der Waals surface area contributed by atoms with Gasteiger partial charge >= 0.3 is 0 Å². The van der Waals surface area contributed by atoms with E-state index < -0.39 is 0 Å². The van der Waals surface area contributed by atoms with Crippen molar-refractivity contribution in [3.8, 4) is 0 Å². The fourth-order valence-corrected chi connectivity index (χ4v) is 1.41. The summed E-state index contributed by atoms with van der Waals surface area (Å²) >= 11 is 0. The number of nitrogens with one attached hydrogen (secondary N) is 1. The summed E-state index contributed by atoms with van der Waals surface area (Å²) in [5, 5.41) is 3.22. The highest BCUT2D eigenvalue weighted by Gasteiger charge is 2.17. The molecule has 1 aliphatic carbocycles. The molecule has 0 aromatic rings. The molecule has 0 unspecified atom stereocenters. The number of rotatable bonds is 0. The molecule has 2 rings (SSSR count). The summed E-state index contributed by atoms with van der Waals surface area (Å²) in [6.07, 6.45) is 5.22. The summed E-state index contributed by atoms with van der Waals surface area (Å²) in [7, 11) is 0. The number of carbonyl (C=O) groups is 1. The second-order valence-corrected chi connectivity index (χ2v) is 2.67. The third-order valence-corrected chi connectivity index (χ3v) is 1.95. The van der Waals surface area contributed by atoms with E-state index in [2.05, 4.69) is 5.32 Å². The van der Waals surface area contributed by atoms with E-state index in [9.17, 15) is 4.79 Å². The molecule has 0 spiro atoms. The maximum atomic E-state index is 10.9. The molecule has 0 bridgehead atoms. The predicted molar refractivity (Wildman–Crippen MR) is 38.4 cm³/mol. The molecule has 1 N–H and O–H groups in total. The van der Waals surface area contributed by atoms with Gasteiger partial charge in [-0.05, 0) is 24.1 Å². The topological polar surface area (TPSA) is 29.1 Å². The van der Waals surface area contributed by atoms with Crippen molar-refractivity contribution in [1.29, 1.82) is 0 Å². The number of hydrogen-bond donors (Lipinski definition) is 1. The van der Waals surface area contributed by atoms with Gasteiger partial charge in [0.1, 0.15) is 0 Å². The van der Waals surface area contributed by atoms with E-state index >= 15 is 0 Å². The Kier molecular flexibility index (Phi) is 1.13. The molecular formula is C8H9NO. The van der Waals surface area contributed by atoms with Gasteiger partial charge in [0.25, 0.3) is 0 Å². The normalized spacial score (nSPS) is 23.0. The SMILES string of the molecule is O=C1C=CC2=C(CCN2)C1. The largest absolute Gasteiger partial charge is 0.385 e. The zero-order chi connectivity index (χ0) is 6.97. The van der Waals surface area contributed by atoms with Gasteiger partial charge < -0.3 is 5.32 Å². The minimum absolute atomic E-state index is 0.238. The van der Waals surface area contributed by atoms with E-state index in [0.717, 1.165) is 13.0 Å². The van der Waals surface area contributed by atoms with Crippen LogP contribution in [0.5, 0.6) is 0 Å². The van der Waals surface area contributed by atoms with Gasteiger partial charge in [0.15, 0.2) is 5.78 Å². The lowest BCUT2D eigenvalue weighted by Crippen LogP contribution is -2.07. The molecule has 0 saturated heterocycles. The summed E-state index contributed by atoms with van der Waals surface area (Å²) in [5.41, 5.74) is 2.46. The molecule has 2 aliphatic rings. The first-order valence-electron chi connectivity index (χ1n) is 3.53. The van der Waals surface area contributed by atoms with Crippen LogP contribution in [0.15, 0.2) is 23.4 Å². The third kappa shape index (κ3) is 0.764. The first-order valence-corrected chi connectivity index (χ1v) is 3.53. The summed E-state index contributed by atoms with van der Waals surface area (Å²) in [6.45, 7) is 1.00. The van der Waals surface area contributed by atoms with Crippen molar-refractivity contribution in [1.82, 2.24) is 5.32 Å². The second kappa shape index (κ2) is 1.97. The lowest BCUT2D eigenvalue weighted by Gasteiger charge is -2.05. The summed E-state index contributed by atoms with van der Waals surface area (Å²) in [6, 6.07) is 0. The average molecular weight is 135 g/mol. The van der Waals surface area contributed by atoms with Crippen LogP contribution in [0.1, 0.15) is 12.8 Å². The van der Waals surface area contributed by atoms with Crippen molar-refractivity contribution in [2.24, 2.45) is 0 Å². The highest BCUT2D eigenvalue weighted by molar-refractivity contribution is 5.93. The molecule has 2 heteroatoms. The number of carbonyl (C=O) groups excluding carboxylic acids is 1. The Morgan fingerprint density at radius 1 is 1.40 bits per heavy atom. The molecule has 1 aliphatic heterocycles. The summed E-state index contributed by atoms with van der Waals surface area (Å²) < 4.78 is 0. The molecule has 0 saturated carbocycles. The number of ketones is 1. The zero-order valence-electron chi connectivity index (χ0n) is 5.68. The van der Waals surface area contributed by atoms with Crippen LogP contribution in [0.4, 0.5) is 0 Å². The van der Waals surface area contributed by atoms with Crippen LogP contribution in [-0.4, -0.2) is 12.3 Å². The van der Waals surface area contributed by atoms with Crippen molar-refractivity contribution >= 4 is 5.78 Å². The molecule has 0 aromatic heterocycles. The van der Waals surface area contributed by atoms with Crippen molar-refractivity contribution < 1.29 is 4.79 Å². The first-order chi connectivity index (χ1) is 4.86. The van der Waals surface area contributed by atoms with Crippen LogP contribution in [-0.2, 0) is 4.79 Å². The Balaban J connectivity index is 2.30. The molecule has 52 valence electrons. The first kappa shape index (κ1) is 5.71. The molecule has 2 nitrogen and oxygen atoms in total. The molecule has 0 amide bonds. The van der Waals surface area contributed by atoms with E-state index in [-0.39, 0.29) is 5.78 Å². The molecule has 10 heavy (non-hydrogen) atoms. The van der Waals surface area contributed by atoms with E-state index in [1.54, 1.807) is 6.08 Å². The van der Waals surface area contributed by atoms with Gasteiger partial charge in [-0.1, -0.05) is 0 Å². The number of allylic oxidation sites excluding steroid dienone is 2. The number of hydrogen-bond acceptors (Lipinski definition) is 2. The Hall–Kier alpha value is -1.05. The maximum absolute atomic E-state index is 10.9. The second-order valence-electron chi connectivity index (χ2n) is 2.67. The molecule has 1 heterocycles. The van der Waals surface area contributed by atoms with Crippen molar-refractivity contribution in [3.63, 3.8) is 0 Å². The van der Waals surface area contributed by atoms with Crippen molar-refractivity contribution in [3.05, 3.63) is 23.4 Å². The Bertz CT molecular complexity index is 238. The van der Waals surface area contributed by atoms with E-state index in [1.807, 2.05) is 6.08 Å². The van der Waals surface area contributed by atoms with Crippen LogP contribution in [0.2, 0.25) is 0 Å². The smallest absolute Gasteiger partial charge is 0.159 e. The molecule has 0 fully saturated rings. The highest BCUT2D eigenvalue weighted by Crippen LogP contribution is 2.21.